The monoisotopic (exact) mass is 269 g/mol. The van der Waals surface area contributed by atoms with Crippen LogP contribution in [-0.4, -0.2) is 23.5 Å². The first-order valence-corrected chi connectivity index (χ1v) is 7.67. The predicted molar refractivity (Wildman–Crippen MR) is 74.9 cm³/mol. The third kappa shape index (κ3) is 8.62. The molecule has 4 heteroatoms. The minimum atomic E-state index is -0.784. The summed E-state index contributed by atoms with van der Waals surface area (Å²) in [6.45, 7) is 0.772. The summed E-state index contributed by atoms with van der Waals surface area (Å²) in [5, 5.41) is 11.4. The van der Waals surface area contributed by atoms with E-state index in [0.717, 1.165) is 18.9 Å². The SMILES string of the molecule is O=C(O)CCCCC(=O)NCCCC1CCCCC1. The van der Waals surface area contributed by atoms with Gasteiger partial charge in [0.1, 0.15) is 0 Å². The molecule has 0 aromatic heterocycles. The highest BCUT2D eigenvalue weighted by Gasteiger charge is 2.12. The Morgan fingerprint density at radius 3 is 2.37 bits per heavy atom. The summed E-state index contributed by atoms with van der Waals surface area (Å²) in [4.78, 5) is 21.8. The third-order valence-electron chi connectivity index (χ3n) is 3.88. The van der Waals surface area contributed by atoms with E-state index in [0.29, 0.717) is 19.3 Å². The molecular weight excluding hydrogens is 242 g/mol. The van der Waals surface area contributed by atoms with Gasteiger partial charge in [-0.25, -0.2) is 0 Å². The molecule has 1 aliphatic rings. The van der Waals surface area contributed by atoms with Crippen LogP contribution in [0.4, 0.5) is 0 Å². The number of carbonyl (C=O) groups excluding carboxylic acids is 1. The minimum absolute atomic E-state index is 0.0639. The second-order valence-corrected chi connectivity index (χ2v) is 5.60. The van der Waals surface area contributed by atoms with Crippen LogP contribution in [0.1, 0.15) is 70.6 Å². The molecule has 0 unspecified atom stereocenters. The molecule has 0 bridgehead atoms. The van der Waals surface area contributed by atoms with Crippen LogP contribution in [0.5, 0.6) is 0 Å². The van der Waals surface area contributed by atoms with Crippen molar-refractivity contribution >= 4 is 11.9 Å². The number of aliphatic carboxylic acids is 1. The van der Waals surface area contributed by atoms with Crippen molar-refractivity contribution in [2.75, 3.05) is 6.54 Å². The average Bonchev–Trinajstić information content (AvgIpc) is 2.41. The van der Waals surface area contributed by atoms with Gasteiger partial charge in [0.05, 0.1) is 0 Å². The Kier molecular flexibility index (Phi) is 8.26. The van der Waals surface area contributed by atoms with Crippen molar-refractivity contribution in [3.8, 4) is 0 Å². The summed E-state index contributed by atoms with van der Waals surface area (Å²) in [7, 11) is 0. The quantitative estimate of drug-likeness (QED) is 0.632. The maximum atomic E-state index is 11.5. The number of carbonyl (C=O) groups is 2. The van der Waals surface area contributed by atoms with Crippen molar-refractivity contribution in [1.29, 1.82) is 0 Å². The van der Waals surface area contributed by atoms with Gasteiger partial charge in [0, 0.05) is 19.4 Å². The number of hydrogen-bond donors (Lipinski definition) is 2. The first-order chi connectivity index (χ1) is 9.18. The van der Waals surface area contributed by atoms with Gasteiger partial charge in [0.25, 0.3) is 0 Å². The maximum absolute atomic E-state index is 11.5. The average molecular weight is 269 g/mol. The molecule has 0 atom stereocenters. The standard InChI is InChI=1S/C15H27NO3/c17-14(10-4-5-11-15(18)19)16-12-6-9-13-7-2-1-3-8-13/h13H,1-12H2,(H,16,17)(H,18,19). The van der Waals surface area contributed by atoms with Crippen molar-refractivity contribution in [1.82, 2.24) is 5.32 Å². The number of carboxylic acid groups (broad SMARTS) is 1. The highest BCUT2D eigenvalue weighted by Crippen LogP contribution is 2.26. The number of nitrogens with one attached hydrogen (secondary N) is 1. The normalized spacial score (nSPS) is 16.2. The first kappa shape index (κ1) is 16.0. The van der Waals surface area contributed by atoms with Gasteiger partial charge in [-0.15, -0.1) is 0 Å². The Morgan fingerprint density at radius 1 is 1.00 bits per heavy atom. The van der Waals surface area contributed by atoms with Crippen LogP contribution < -0.4 is 5.32 Å². The molecule has 4 nitrogen and oxygen atoms in total. The molecule has 0 aliphatic heterocycles. The Bertz CT molecular complexity index is 273. The Labute approximate surface area is 116 Å². The van der Waals surface area contributed by atoms with Gasteiger partial charge in [-0.1, -0.05) is 32.1 Å². The van der Waals surface area contributed by atoms with Crippen molar-refractivity contribution in [2.24, 2.45) is 5.92 Å². The molecule has 1 aliphatic carbocycles. The number of unbranched alkanes of at least 4 members (excludes halogenated alkanes) is 1. The maximum Gasteiger partial charge on any atom is 0.303 e. The van der Waals surface area contributed by atoms with E-state index in [1.54, 1.807) is 0 Å². The lowest BCUT2D eigenvalue weighted by molar-refractivity contribution is -0.137. The fourth-order valence-electron chi connectivity index (χ4n) is 2.74. The van der Waals surface area contributed by atoms with Crippen molar-refractivity contribution < 1.29 is 14.7 Å². The number of hydrogen-bond acceptors (Lipinski definition) is 2. The van der Waals surface area contributed by atoms with Gasteiger partial charge >= 0.3 is 5.97 Å². The van der Waals surface area contributed by atoms with E-state index >= 15 is 0 Å². The van der Waals surface area contributed by atoms with Gasteiger partial charge in [-0.05, 0) is 31.6 Å². The van der Waals surface area contributed by atoms with E-state index in [2.05, 4.69) is 5.32 Å². The first-order valence-electron chi connectivity index (χ1n) is 7.67. The summed E-state index contributed by atoms with van der Waals surface area (Å²) >= 11 is 0. The van der Waals surface area contributed by atoms with Crippen LogP contribution in [-0.2, 0) is 9.59 Å². The van der Waals surface area contributed by atoms with Crippen LogP contribution in [0.15, 0.2) is 0 Å². The summed E-state index contributed by atoms with van der Waals surface area (Å²) in [6.07, 6.45) is 11.1. The molecule has 0 aromatic rings. The second-order valence-electron chi connectivity index (χ2n) is 5.60. The lowest BCUT2D eigenvalue weighted by atomic mass is 9.86. The second kappa shape index (κ2) is 9.82. The van der Waals surface area contributed by atoms with Crippen molar-refractivity contribution in [3.63, 3.8) is 0 Å². The largest absolute Gasteiger partial charge is 0.481 e. The zero-order valence-electron chi connectivity index (χ0n) is 11.8. The molecule has 0 spiro atoms. The van der Waals surface area contributed by atoms with Crippen LogP contribution in [0.3, 0.4) is 0 Å². The van der Waals surface area contributed by atoms with E-state index in [1.165, 1.54) is 38.5 Å². The molecule has 1 saturated carbocycles. The molecule has 0 radical (unpaired) electrons. The summed E-state index contributed by atoms with van der Waals surface area (Å²) in [5.41, 5.74) is 0. The highest BCUT2D eigenvalue weighted by molar-refractivity contribution is 5.75. The molecule has 19 heavy (non-hydrogen) atoms. The number of carboxylic acids is 1. The van der Waals surface area contributed by atoms with Gasteiger partial charge in [-0.3, -0.25) is 9.59 Å². The van der Waals surface area contributed by atoms with E-state index in [9.17, 15) is 9.59 Å². The third-order valence-corrected chi connectivity index (χ3v) is 3.88. The van der Waals surface area contributed by atoms with Crippen molar-refractivity contribution in [3.05, 3.63) is 0 Å². The van der Waals surface area contributed by atoms with Gasteiger partial charge in [0.15, 0.2) is 0 Å². The molecule has 0 saturated heterocycles. The zero-order chi connectivity index (χ0) is 13.9. The van der Waals surface area contributed by atoms with Crippen LogP contribution in [0.2, 0.25) is 0 Å². The van der Waals surface area contributed by atoms with Crippen LogP contribution in [0.25, 0.3) is 0 Å². The van der Waals surface area contributed by atoms with Crippen LogP contribution >= 0.6 is 0 Å². The highest BCUT2D eigenvalue weighted by atomic mass is 16.4. The fraction of sp³-hybridized carbons (Fsp3) is 0.867. The van der Waals surface area contributed by atoms with E-state index < -0.39 is 5.97 Å². The summed E-state index contributed by atoms with van der Waals surface area (Å²) in [6, 6.07) is 0. The predicted octanol–water partition coefficient (Wildman–Crippen LogP) is 3.11. The lowest BCUT2D eigenvalue weighted by Crippen LogP contribution is -2.24. The molecule has 1 rings (SSSR count). The van der Waals surface area contributed by atoms with Crippen LogP contribution in [0, 0.1) is 5.92 Å². The molecule has 0 aromatic carbocycles. The smallest absolute Gasteiger partial charge is 0.303 e. The molecule has 110 valence electrons. The van der Waals surface area contributed by atoms with E-state index in [-0.39, 0.29) is 12.3 Å². The van der Waals surface area contributed by atoms with E-state index in [4.69, 9.17) is 5.11 Å². The Hall–Kier alpha value is -1.06. The van der Waals surface area contributed by atoms with Crippen molar-refractivity contribution in [2.45, 2.75) is 70.6 Å². The number of amides is 1. The molecule has 1 amide bonds. The van der Waals surface area contributed by atoms with Gasteiger partial charge < -0.3 is 10.4 Å². The minimum Gasteiger partial charge on any atom is -0.481 e. The lowest BCUT2D eigenvalue weighted by Gasteiger charge is -2.21. The zero-order valence-corrected chi connectivity index (χ0v) is 11.8. The summed E-state index contributed by atoms with van der Waals surface area (Å²) < 4.78 is 0. The molecule has 2 N–H and O–H groups in total. The number of rotatable bonds is 9. The van der Waals surface area contributed by atoms with E-state index in [1.807, 2.05) is 0 Å². The Balaban J connectivity index is 1.90. The van der Waals surface area contributed by atoms with Gasteiger partial charge in [0.2, 0.25) is 5.91 Å². The fourth-order valence-corrected chi connectivity index (χ4v) is 2.74. The topological polar surface area (TPSA) is 66.4 Å². The molecule has 1 fully saturated rings. The summed E-state index contributed by atoms with van der Waals surface area (Å²) in [5.74, 6) is 0.156. The molecule has 0 heterocycles. The Morgan fingerprint density at radius 2 is 1.68 bits per heavy atom. The van der Waals surface area contributed by atoms with Gasteiger partial charge in [-0.2, -0.15) is 0 Å². The molecular formula is C15H27NO3.